The monoisotopic (exact) mass is 393 g/mol. The van der Waals surface area contributed by atoms with Crippen LogP contribution in [0.25, 0.3) is 0 Å². The molecule has 0 atom stereocenters. The number of amides is 2. The molecular formula is C20H22F3N3O2. The molecule has 0 aliphatic rings. The van der Waals surface area contributed by atoms with Crippen LogP contribution in [-0.4, -0.2) is 24.9 Å². The molecule has 28 heavy (non-hydrogen) atoms. The summed E-state index contributed by atoms with van der Waals surface area (Å²) in [6.45, 7) is 2.69. The van der Waals surface area contributed by atoms with Gasteiger partial charge in [0.2, 0.25) is 5.91 Å². The van der Waals surface area contributed by atoms with Gasteiger partial charge in [0.05, 0.1) is 12.1 Å². The van der Waals surface area contributed by atoms with Crippen molar-refractivity contribution in [1.82, 2.24) is 5.32 Å². The molecule has 0 bridgehead atoms. The van der Waals surface area contributed by atoms with E-state index in [2.05, 4.69) is 16.0 Å². The van der Waals surface area contributed by atoms with E-state index < -0.39 is 17.6 Å². The summed E-state index contributed by atoms with van der Waals surface area (Å²) in [5.41, 5.74) is 0.0272. The van der Waals surface area contributed by atoms with Crippen LogP contribution in [0.4, 0.5) is 24.5 Å². The highest BCUT2D eigenvalue weighted by Gasteiger charge is 2.30. The molecule has 150 valence electrons. The Bertz CT molecular complexity index is 822. The number of nitrogens with one attached hydrogen (secondary N) is 3. The third kappa shape index (κ3) is 6.61. The molecule has 0 spiro atoms. The number of carbonyl (C=O) groups is 2. The molecule has 8 heteroatoms. The van der Waals surface area contributed by atoms with E-state index in [0.29, 0.717) is 12.2 Å². The molecule has 0 aliphatic heterocycles. The standard InChI is InChI=1S/C20H22F3N3O2/c1-2-3-10-24-18(27)13-25-16-8-4-6-14(11-16)19(28)26-17-9-5-7-15(12-17)20(21,22)23/h4-9,11-12,25H,2-3,10,13H2,1H3,(H,24,27)(H,26,28). The molecule has 2 aromatic rings. The quantitative estimate of drug-likeness (QED) is 0.586. The zero-order chi connectivity index (χ0) is 20.6. The third-order valence-corrected chi connectivity index (χ3v) is 3.88. The molecule has 0 saturated carbocycles. The van der Waals surface area contributed by atoms with Crippen molar-refractivity contribution in [2.45, 2.75) is 25.9 Å². The topological polar surface area (TPSA) is 70.2 Å². The molecule has 0 radical (unpaired) electrons. The van der Waals surface area contributed by atoms with Gasteiger partial charge >= 0.3 is 6.18 Å². The minimum atomic E-state index is -4.48. The SMILES string of the molecule is CCCCNC(=O)CNc1cccc(C(=O)Nc2cccc(C(F)(F)F)c2)c1. The number of alkyl halides is 3. The van der Waals surface area contributed by atoms with Crippen LogP contribution in [-0.2, 0) is 11.0 Å². The molecule has 2 aromatic carbocycles. The Labute approximate surface area is 161 Å². The summed E-state index contributed by atoms with van der Waals surface area (Å²) in [5, 5.41) is 8.14. The first-order valence-electron chi connectivity index (χ1n) is 8.89. The molecule has 0 aromatic heterocycles. The maximum Gasteiger partial charge on any atom is 0.416 e. The molecule has 0 heterocycles. The first kappa shape index (κ1) is 21.3. The third-order valence-electron chi connectivity index (χ3n) is 3.88. The van der Waals surface area contributed by atoms with Gasteiger partial charge < -0.3 is 16.0 Å². The van der Waals surface area contributed by atoms with Gasteiger partial charge in [0, 0.05) is 23.5 Å². The van der Waals surface area contributed by atoms with Gasteiger partial charge in [0.25, 0.3) is 5.91 Å². The van der Waals surface area contributed by atoms with Gasteiger partial charge in [0.1, 0.15) is 0 Å². The first-order valence-corrected chi connectivity index (χ1v) is 8.89. The van der Waals surface area contributed by atoms with E-state index >= 15 is 0 Å². The van der Waals surface area contributed by atoms with Gasteiger partial charge in [0.15, 0.2) is 0 Å². The van der Waals surface area contributed by atoms with E-state index in [-0.39, 0.29) is 23.7 Å². The van der Waals surface area contributed by atoms with Gasteiger partial charge in [-0.2, -0.15) is 13.2 Å². The van der Waals surface area contributed by atoms with E-state index in [9.17, 15) is 22.8 Å². The van der Waals surface area contributed by atoms with Crippen LogP contribution < -0.4 is 16.0 Å². The van der Waals surface area contributed by atoms with Crippen molar-refractivity contribution in [2.75, 3.05) is 23.7 Å². The highest BCUT2D eigenvalue weighted by atomic mass is 19.4. The molecule has 3 N–H and O–H groups in total. The summed E-state index contributed by atoms with van der Waals surface area (Å²) in [6, 6.07) is 10.8. The summed E-state index contributed by atoms with van der Waals surface area (Å²) in [7, 11) is 0. The summed E-state index contributed by atoms with van der Waals surface area (Å²) in [6.07, 6.45) is -2.60. The summed E-state index contributed by atoms with van der Waals surface area (Å²) in [5.74, 6) is -0.706. The van der Waals surface area contributed by atoms with Crippen LogP contribution in [0.2, 0.25) is 0 Å². The van der Waals surface area contributed by atoms with Gasteiger partial charge in [-0.3, -0.25) is 9.59 Å². The number of halogens is 3. The Morgan fingerprint density at radius 3 is 2.43 bits per heavy atom. The Kier molecular flexibility index (Phi) is 7.43. The number of carbonyl (C=O) groups excluding carboxylic acids is 2. The highest BCUT2D eigenvalue weighted by molar-refractivity contribution is 6.04. The van der Waals surface area contributed by atoms with Crippen LogP contribution in [0.15, 0.2) is 48.5 Å². The Morgan fingerprint density at radius 2 is 1.71 bits per heavy atom. The molecule has 0 fully saturated rings. The van der Waals surface area contributed by atoms with Crippen LogP contribution >= 0.6 is 0 Å². The van der Waals surface area contributed by atoms with Gasteiger partial charge in [-0.05, 0) is 42.8 Å². The molecular weight excluding hydrogens is 371 g/mol. The van der Waals surface area contributed by atoms with E-state index in [1.807, 2.05) is 6.92 Å². The predicted octanol–water partition coefficient (Wildman–Crippen LogP) is 4.29. The average Bonchev–Trinajstić information content (AvgIpc) is 2.66. The van der Waals surface area contributed by atoms with Crippen molar-refractivity contribution >= 4 is 23.2 Å². The van der Waals surface area contributed by atoms with Crippen molar-refractivity contribution in [3.63, 3.8) is 0 Å². The second-order valence-electron chi connectivity index (χ2n) is 6.17. The minimum absolute atomic E-state index is 0.0495. The normalized spacial score (nSPS) is 11.0. The van der Waals surface area contributed by atoms with Crippen LogP contribution in [0.5, 0.6) is 0 Å². The molecule has 2 amide bonds. The lowest BCUT2D eigenvalue weighted by molar-refractivity contribution is -0.137. The van der Waals surface area contributed by atoms with Gasteiger partial charge in [-0.25, -0.2) is 0 Å². The largest absolute Gasteiger partial charge is 0.416 e. The van der Waals surface area contributed by atoms with Crippen molar-refractivity contribution < 1.29 is 22.8 Å². The fourth-order valence-corrected chi connectivity index (χ4v) is 2.40. The fraction of sp³-hybridized carbons (Fsp3) is 0.300. The lowest BCUT2D eigenvalue weighted by Crippen LogP contribution is -2.30. The van der Waals surface area contributed by atoms with E-state index in [1.54, 1.807) is 12.1 Å². The van der Waals surface area contributed by atoms with Crippen molar-refractivity contribution in [1.29, 1.82) is 0 Å². The molecule has 5 nitrogen and oxygen atoms in total. The molecule has 0 aliphatic carbocycles. The van der Waals surface area contributed by atoms with E-state index in [1.165, 1.54) is 24.3 Å². The molecule has 0 unspecified atom stereocenters. The Morgan fingerprint density at radius 1 is 1.00 bits per heavy atom. The number of benzene rings is 2. The van der Waals surface area contributed by atoms with Crippen molar-refractivity contribution in [3.8, 4) is 0 Å². The summed E-state index contributed by atoms with van der Waals surface area (Å²) < 4.78 is 38.3. The number of hydrogen-bond acceptors (Lipinski definition) is 3. The fourth-order valence-electron chi connectivity index (χ4n) is 2.40. The average molecular weight is 393 g/mol. The van der Waals surface area contributed by atoms with E-state index in [4.69, 9.17) is 0 Å². The van der Waals surface area contributed by atoms with E-state index in [0.717, 1.165) is 25.0 Å². The second-order valence-corrected chi connectivity index (χ2v) is 6.17. The minimum Gasteiger partial charge on any atom is -0.376 e. The number of hydrogen-bond donors (Lipinski definition) is 3. The van der Waals surface area contributed by atoms with Gasteiger partial charge in [-0.15, -0.1) is 0 Å². The van der Waals surface area contributed by atoms with Crippen LogP contribution in [0.1, 0.15) is 35.7 Å². The smallest absolute Gasteiger partial charge is 0.376 e. The maximum absolute atomic E-state index is 12.8. The van der Waals surface area contributed by atoms with Crippen molar-refractivity contribution in [3.05, 3.63) is 59.7 Å². The molecule has 0 saturated heterocycles. The number of unbranched alkanes of at least 4 members (excludes halogenated alkanes) is 1. The summed E-state index contributed by atoms with van der Waals surface area (Å²) >= 11 is 0. The van der Waals surface area contributed by atoms with Crippen LogP contribution in [0.3, 0.4) is 0 Å². The second kappa shape index (κ2) is 9.77. The van der Waals surface area contributed by atoms with Crippen LogP contribution in [0, 0.1) is 0 Å². The van der Waals surface area contributed by atoms with Gasteiger partial charge in [-0.1, -0.05) is 25.5 Å². The zero-order valence-corrected chi connectivity index (χ0v) is 15.4. The summed E-state index contributed by atoms with van der Waals surface area (Å²) in [4.78, 5) is 24.1. The predicted molar refractivity (Wildman–Crippen MR) is 102 cm³/mol. The zero-order valence-electron chi connectivity index (χ0n) is 15.4. The number of rotatable bonds is 8. The highest BCUT2D eigenvalue weighted by Crippen LogP contribution is 2.30. The maximum atomic E-state index is 12.8. The lowest BCUT2D eigenvalue weighted by Gasteiger charge is -2.11. The molecule has 2 rings (SSSR count). The number of anilines is 2. The Balaban J connectivity index is 1.97. The first-order chi connectivity index (χ1) is 13.3. The Hall–Kier alpha value is -3.03. The lowest BCUT2D eigenvalue weighted by atomic mass is 10.1. The van der Waals surface area contributed by atoms with Crippen molar-refractivity contribution in [2.24, 2.45) is 0 Å².